The molecule has 0 saturated heterocycles. The fraction of sp³-hybridized carbons (Fsp3) is 0.524. The summed E-state index contributed by atoms with van der Waals surface area (Å²) in [7, 11) is 1.35. The zero-order chi connectivity index (χ0) is 21.2. The molecule has 1 aliphatic heterocycles. The van der Waals surface area contributed by atoms with Crippen molar-refractivity contribution in [1.29, 1.82) is 0 Å². The Morgan fingerprint density at radius 2 is 2.07 bits per heavy atom. The number of benzene rings is 1. The maximum absolute atomic E-state index is 12.4. The fourth-order valence-electron chi connectivity index (χ4n) is 4.18. The summed E-state index contributed by atoms with van der Waals surface area (Å²) in [6.45, 7) is 5.44. The second-order valence-electron chi connectivity index (χ2n) is 8.46. The molecular weight excluding hydrogens is 372 g/mol. The third-order valence-electron chi connectivity index (χ3n) is 5.64. The molecule has 8 nitrogen and oxygen atoms in total. The molecule has 29 heavy (non-hydrogen) atoms. The largest absolute Gasteiger partial charge is 0.469 e. The summed E-state index contributed by atoms with van der Waals surface area (Å²) < 4.78 is 10.6. The molecule has 1 aromatic carbocycles. The Morgan fingerprint density at radius 1 is 1.34 bits per heavy atom. The summed E-state index contributed by atoms with van der Waals surface area (Å²) in [6, 6.07) is 6.95. The summed E-state index contributed by atoms with van der Waals surface area (Å²) in [5, 5.41) is 7.41. The summed E-state index contributed by atoms with van der Waals surface area (Å²) in [6.07, 6.45) is 2.47. The van der Waals surface area contributed by atoms with Gasteiger partial charge in [0.25, 0.3) is 0 Å². The van der Waals surface area contributed by atoms with E-state index >= 15 is 0 Å². The number of carbonyl (C=O) groups excluding carboxylic acids is 2. The zero-order valence-electron chi connectivity index (χ0n) is 17.1. The van der Waals surface area contributed by atoms with Gasteiger partial charge in [0.2, 0.25) is 0 Å². The Morgan fingerprint density at radius 3 is 2.72 bits per heavy atom. The van der Waals surface area contributed by atoms with Crippen LogP contribution in [0.4, 0.5) is 5.69 Å². The first-order chi connectivity index (χ1) is 13.7. The average Bonchev–Trinajstić information content (AvgIpc) is 3.02. The molecule has 3 rings (SSSR count). The van der Waals surface area contributed by atoms with Crippen molar-refractivity contribution in [2.75, 3.05) is 19.0 Å². The van der Waals surface area contributed by atoms with E-state index in [1.807, 2.05) is 30.3 Å². The molecule has 0 spiro atoms. The van der Waals surface area contributed by atoms with Crippen LogP contribution in [0.2, 0.25) is 0 Å². The lowest BCUT2D eigenvalue weighted by molar-refractivity contribution is -0.152. The molecule has 1 heterocycles. The highest BCUT2D eigenvalue weighted by atomic mass is 16.5. The monoisotopic (exact) mass is 398 g/mol. The molecule has 1 aromatic rings. The van der Waals surface area contributed by atoms with E-state index in [0.29, 0.717) is 6.42 Å². The first-order valence-corrected chi connectivity index (χ1v) is 9.58. The molecule has 154 valence electrons. The normalized spacial score (nSPS) is 24.9. The molecule has 8 heteroatoms. The van der Waals surface area contributed by atoms with Crippen LogP contribution in [0.5, 0.6) is 0 Å². The molecule has 0 aromatic heterocycles. The lowest BCUT2D eigenvalue weighted by atomic mass is 9.63. The zero-order valence-corrected chi connectivity index (χ0v) is 17.1. The van der Waals surface area contributed by atoms with Gasteiger partial charge in [-0.1, -0.05) is 29.4 Å². The number of nitrogens with one attached hydrogen (secondary N) is 1. The van der Waals surface area contributed by atoms with Gasteiger partial charge in [-0.2, -0.15) is 0 Å². The summed E-state index contributed by atoms with van der Waals surface area (Å²) in [4.78, 5) is 27.8. The third-order valence-corrected chi connectivity index (χ3v) is 5.64. The van der Waals surface area contributed by atoms with Gasteiger partial charge in [-0.15, -0.1) is 0 Å². The highest BCUT2D eigenvalue weighted by molar-refractivity contribution is 5.78. The molecule has 1 aliphatic carbocycles. The number of methoxy groups -OCH3 is 1. The number of anilines is 1. The van der Waals surface area contributed by atoms with Gasteiger partial charge in [-0.05, 0) is 49.9 Å². The lowest BCUT2D eigenvalue weighted by Crippen LogP contribution is -2.52. The Labute approximate surface area is 169 Å². The first-order valence-electron chi connectivity index (χ1n) is 9.58. The second-order valence-corrected chi connectivity index (χ2v) is 8.46. The van der Waals surface area contributed by atoms with Crippen molar-refractivity contribution >= 4 is 17.6 Å². The molecular formula is C21H26N4O4. The number of nitrogens with zero attached hydrogens (tertiary/aromatic N) is 3. The minimum atomic E-state index is -0.820. The summed E-state index contributed by atoms with van der Waals surface area (Å²) in [5.41, 5.74) is 10.2. The topological polar surface area (TPSA) is 113 Å². The number of esters is 2. The number of hydrogen-bond acceptors (Lipinski definition) is 6. The second kappa shape index (κ2) is 7.79. The fourth-order valence-corrected chi connectivity index (χ4v) is 4.18. The number of hydrogen-bond donors (Lipinski definition) is 1. The van der Waals surface area contributed by atoms with Crippen molar-refractivity contribution in [2.24, 2.45) is 10.5 Å². The van der Waals surface area contributed by atoms with Crippen LogP contribution in [0.1, 0.15) is 39.2 Å². The van der Waals surface area contributed by atoms with Gasteiger partial charge in [0, 0.05) is 16.6 Å². The van der Waals surface area contributed by atoms with Gasteiger partial charge < -0.3 is 14.8 Å². The smallest absolute Gasteiger partial charge is 0.311 e. The van der Waals surface area contributed by atoms with Crippen molar-refractivity contribution in [3.8, 4) is 0 Å². The van der Waals surface area contributed by atoms with E-state index in [1.165, 1.54) is 7.11 Å². The number of rotatable bonds is 5. The molecule has 0 radical (unpaired) electrons. The van der Waals surface area contributed by atoms with Crippen LogP contribution in [-0.2, 0) is 24.5 Å². The van der Waals surface area contributed by atoms with Crippen LogP contribution in [0, 0.1) is 5.41 Å². The molecule has 0 bridgehead atoms. The predicted octanol–water partition coefficient (Wildman–Crippen LogP) is 3.88. The van der Waals surface area contributed by atoms with Crippen molar-refractivity contribution in [2.45, 2.75) is 51.1 Å². The van der Waals surface area contributed by atoms with Gasteiger partial charge >= 0.3 is 11.9 Å². The number of para-hydroxylation sites is 1. The van der Waals surface area contributed by atoms with Crippen LogP contribution in [0.3, 0.4) is 0 Å². The van der Waals surface area contributed by atoms with Crippen molar-refractivity contribution in [1.82, 2.24) is 0 Å². The Balaban J connectivity index is 2.09. The van der Waals surface area contributed by atoms with Crippen molar-refractivity contribution < 1.29 is 19.1 Å². The first kappa shape index (κ1) is 20.7. The minimum Gasteiger partial charge on any atom is -0.469 e. The Kier molecular flexibility index (Phi) is 5.57. The molecule has 1 N–H and O–H groups in total. The predicted molar refractivity (Wildman–Crippen MR) is 108 cm³/mol. The Bertz CT molecular complexity index is 898. The van der Waals surface area contributed by atoms with Crippen molar-refractivity contribution in [3.05, 3.63) is 51.9 Å². The summed E-state index contributed by atoms with van der Waals surface area (Å²) >= 11 is 0. The van der Waals surface area contributed by atoms with E-state index in [2.05, 4.69) is 15.3 Å². The van der Waals surface area contributed by atoms with E-state index in [-0.39, 0.29) is 37.0 Å². The maximum atomic E-state index is 12.4. The standard InChI is InChI=1S/C21H26N4O4/c1-20(2,3)19(27)29-12-13-9-10-16(24-25-22)18-21(13,11-17(26)28-4)14-7-5-6-8-15(14)23-18/h5-9,16,18,23H,10-12H2,1-4H3/t16-,18+,21+/m0/s1. The highest BCUT2D eigenvalue weighted by Gasteiger charge is 2.55. The van der Waals surface area contributed by atoms with E-state index < -0.39 is 10.8 Å². The molecule has 0 unspecified atom stereocenters. The Hall–Kier alpha value is -2.99. The van der Waals surface area contributed by atoms with Gasteiger partial charge in [0.1, 0.15) is 6.61 Å². The van der Waals surface area contributed by atoms with Gasteiger partial charge in [-0.3, -0.25) is 9.59 Å². The van der Waals surface area contributed by atoms with E-state index in [0.717, 1.165) is 16.8 Å². The summed E-state index contributed by atoms with van der Waals surface area (Å²) in [5.74, 6) is -0.706. The third kappa shape index (κ3) is 3.68. The van der Waals surface area contributed by atoms with E-state index in [4.69, 9.17) is 15.0 Å². The minimum absolute atomic E-state index is 0.0501. The molecule has 0 amide bonds. The van der Waals surface area contributed by atoms with Crippen LogP contribution in [0.25, 0.3) is 10.4 Å². The van der Waals surface area contributed by atoms with E-state index in [9.17, 15) is 9.59 Å². The lowest BCUT2D eigenvalue weighted by Gasteiger charge is -2.43. The number of ether oxygens (including phenoxy) is 2. The number of carbonyl (C=O) groups is 2. The molecule has 2 aliphatic rings. The van der Waals surface area contributed by atoms with Crippen LogP contribution in [-0.4, -0.2) is 37.7 Å². The average molecular weight is 398 g/mol. The SMILES string of the molecule is COC(=O)C[C@]12C(COC(=O)C(C)(C)C)=CC[C@H](N=[N+]=[N-])[C@H]1Nc1ccccc12. The van der Waals surface area contributed by atoms with Gasteiger partial charge in [-0.25, -0.2) is 0 Å². The van der Waals surface area contributed by atoms with Gasteiger partial charge in [0.15, 0.2) is 0 Å². The quantitative estimate of drug-likeness (QED) is 0.266. The number of azide groups is 1. The maximum Gasteiger partial charge on any atom is 0.311 e. The van der Waals surface area contributed by atoms with Gasteiger partial charge in [0.05, 0.1) is 30.4 Å². The van der Waals surface area contributed by atoms with Crippen LogP contribution in [0.15, 0.2) is 41.0 Å². The molecule has 3 atom stereocenters. The molecule has 0 saturated carbocycles. The molecule has 0 fully saturated rings. The van der Waals surface area contributed by atoms with E-state index in [1.54, 1.807) is 20.8 Å². The number of fused-ring (bicyclic) bond motifs is 3. The van der Waals surface area contributed by atoms with Crippen LogP contribution >= 0.6 is 0 Å². The van der Waals surface area contributed by atoms with Crippen LogP contribution < -0.4 is 5.32 Å². The van der Waals surface area contributed by atoms with Crippen molar-refractivity contribution in [3.63, 3.8) is 0 Å². The highest BCUT2D eigenvalue weighted by Crippen LogP contribution is 2.52.